The van der Waals surface area contributed by atoms with Crippen molar-refractivity contribution in [2.75, 3.05) is 19.6 Å². The van der Waals surface area contributed by atoms with Gasteiger partial charge < -0.3 is 10.6 Å². The van der Waals surface area contributed by atoms with Gasteiger partial charge in [-0.3, -0.25) is 9.69 Å². The number of hydrogen-bond acceptors (Lipinski definition) is 3. The Morgan fingerprint density at radius 1 is 0.923 bits per heavy atom. The van der Waals surface area contributed by atoms with E-state index in [1.807, 2.05) is 25.1 Å². The first-order valence-corrected chi connectivity index (χ1v) is 14.9. The van der Waals surface area contributed by atoms with Crippen LogP contribution in [0, 0.1) is 22.1 Å². The molecule has 0 heterocycles. The second kappa shape index (κ2) is 16.0. The molecule has 0 saturated heterocycles. The van der Waals surface area contributed by atoms with E-state index in [2.05, 4.69) is 76.2 Å². The molecule has 1 amide bonds. The molecule has 3 rings (SSSR count). The predicted molar refractivity (Wildman–Crippen MR) is 164 cm³/mol. The first kappa shape index (κ1) is 31.2. The second-order valence-corrected chi connectivity index (χ2v) is 11.5. The summed E-state index contributed by atoms with van der Waals surface area (Å²) in [6.45, 7) is 10.6. The third-order valence-corrected chi connectivity index (χ3v) is 7.18. The van der Waals surface area contributed by atoms with Gasteiger partial charge in [0.15, 0.2) is 0 Å². The highest BCUT2D eigenvalue weighted by atomic mass is 127. The van der Waals surface area contributed by atoms with Gasteiger partial charge >= 0.3 is 0 Å². The average molecular weight is 648 g/mol. The summed E-state index contributed by atoms with van der Waals surface area (Å²) in [7, 11) is 0. The standard InChI is InChI=1S/C32H40F2IN3O/c1-4-11-38(12-5-2)22-26-13-23(3)14-27(15-26)32(39)37-31(19-25-16-28(33)20-29(34)17-25)9-10-36-21-24-7-6-8-30(35)18-24/h6-8,13-18,20,31,36H,4-5,9-12,19,21-22H2,1-3H3,(H,37,39)/t31-/m1/s1. The van der Waals surface area contributed by atoms with E-state index < -0.39 is 11.6 Å². The van der Waals surface area contributed by atoms with E-state index in [0.29, 0.717) is 37.1 Å². The van der Waals surface area contributed by atoms with Gasteiger partial charge in [0.25, 0.3) is 5.91 Å². The maximum atomic E-state index is 13.9. The first-order chi connectivity index (χ1) is 18.7. The van der Waals surface area contributed by atoms with Gasteiger partial charge in [-0.15, -0.1) is 0 Å². The molecule has 0 radical (unpaired) electrons. The Hall–Kier alpha value is -2.36. The quantitative estimate of drug-likeness (QED) is 0.138. The lowest BCUT2D eigenvalue weighted by Crippen LogP contribution is -2.38. The lowest BCUT2D eigenvalue weighted by molar-refractivity contribution is 0.0934. The van der Waals surface area contributed by atoms with E-state index >= 15 is 0 Å². The number of halogens is 3. The Balaban J connectivity index is 1.71. The first-order valence-electron chi connectivity index (χ1n) is 13.8. The molecule has 2 N–H and O–H groups in total. The minimum Gasteiger partial charge on any atom is -0.349 e. The molecule has 0 aliphatic heterocycles. The van der Waals surface area contributed by atoms with Gasteiger partial charge in [0.05, 0.1) is 0 Å². The van der Waals surface area contributed by atoms with Gasteiger partial charge in [-0.05, 0) is 128 Å². The van der Waals surface area contributed by atoms with Crippen LogP contribution in [-0.2, 0) is 19.5 Å². The van der Waals surface area contributed by atoms with Crippen molar-refractivity contribution in [2.45, 2.75) is 65.6 Å². The highest BCUT2D eigenvalue weighted by Crippen LogP contribution is 2.16. The van der Waals surface area contributed by atoms with E-state index in [0.717, 1.165) is 49.7 Å². The second-order valence-electron chi connectivity index (χ2n) is 10.2. The summed E-state index contributed by atoms with van der Waals surface area (Å²) >= 11 is 2.29. The van der Waals surface area contributed by atoms with Gasteiger partial charge in [0, 0.05) is 34.3 Å². The van der Waals surface area contributed by atoms with Crippen LogP contribution in [0.4, 0.5) is 8.78 Å². The molecule has 1 atom stereocenters. The van der Waals surface area contributed by atoms with Crippen molar-refractivity contribution in [3.8, 4) is 0 Å². The molecule has 39 heavy (non-hydrogen) atoms. The van der Waals surface area contributed by atoms with Crippen molar-refractivity contribution in [2.24, 2.45) is 0 Å². The van der Waals surface area contributed by atoms with Crippen LogP contribution in [0.2, 0.25) is 0 Å². The molecular weight excluding hydrogens is 607 g/mol. The lowest BCUT2D eigenvalue weighted by Gasteiger charge is -2.22. The lowest BCUT2D eigenvalue weighted by atomic mass is 10.0. The summed E-state index contributed by atoms with van der Waals surface area (Å²) in [5.74, 6) is -1.39. The largest absolute Gasteiger partial charge is 0.349 e. The molecule has 3 aromatic carbocycles. The molecule has 0 aromatic heterocycles. The average Bonchev–Trinajstić information content (AvgIpc) is 2.86. The van der Waals surface area contributed by atoms with Crippen molar-refractivity contribution in [3.05, 3.63) is 104 Å². The van der Waals surface area contributed by atoms with Crippen LogP contribution >= 0.6 is 22.6 Å². The maximum absolute atomic E-state index is 13.9. The Bertz CT molecular complexity index is 1190. The van der Waals surface area contributed by atoms with E-state index in [4.69, 9.17) is 0 Å². The molecule has 7 heteroatoms. The maximum Gasteiger partial charge on any atom is 0.251 e. The number of nitrogens with one attached hydrogen (secondary N) is 2. The molecule has 0 aliphatic rings. The zero-order valence-corrected chi connectivity index (χ0v) is 25.4. The topological polar surface area (TPSA) is 44.4 Å². The molecule has 0 fully saturated rings. The molecule has 3 aromatic rings. The number of nitrogens with zero attached hydrogens (tertiary/aromatic N) is 1. The smallest absolute Gasteiger partial charge is 0.251 e. The number of carbonyl (C=O) groups is 1. The van der Waals surface area contributed by atoms with Gasteiger partial charge in [0.1, 0.15) is 11.6 Å². The predicted octanol–water partition coefficient (Wildman–Crippen LogP) is 7.02. The Morgan fingerprint density at radius 2 is 1.64 bits per heavy atom. The number of amides is 1. The SMILES string of the molecule is CCCN(CCC)Cc1cc(C)cc(C(=O)N[C@H](CCNCc2cccc(I)c2)Cc2cc(F)cc(F)c2)c1. The fourth-order valence-corrected chi connectivity index (χ4v) is 5.52. The summed E-state index contributed by atoms with van der Waals surface area (Å²) in [6, 6.07) is 17.5. The van der Waals surface area contributed by atoms with Gasteiger partial charge in [0.2, 0.25) is 0 Å². The Kier molecular flexibility index (Phi) is 12.8. The van der Waals surface area contributed by atoms with Crippen molar-refractivity contribution in [1.82, 2.24) is 15.5 Å². The minimum absolute atomic E-state index is 0.169. The van der Waals surface area contributed by atoms with Crippen molar-refractivity contribution < 1.29 is 13.6 Å². The molecule has 0 spiro atoms. The highest BCUT2D eigenvalue weighted by Gasteiger charge is 2.17. The molecule has 210 valence electrons. The molecule has 0 unspecified atom stereocenters. The van der Waals surface area contributed by atoms with E-state index in [-0.39, 0.29) is 11.9 Å². The summed E-state index contributed by atoms with van der Waals surface area (Å²) in [4.78, 5) is 15.8. The number of rotatable bonds is 15. The fraction of sp³-hybridized carbons (Fsp3) is 0.406. The fourth-order valence-electron chi connectivity index (χ4n) is 4.91. The molecule has 0 saturated carbocycles. The highest BCUT2D eigenvalue weighted by molar-refractivity contribution is 14.1. The zero-order valence-electron chi connectivity index (χ0n) is 23.2. The van der Waals surface area contributed by atoms with Crippen LogP contribution < -0.4 is 10.6 Å². The monoisotopic (exact) mass is 647 g/mol. The summed E-state index contributed by atoms with van der Waals surface area (Å²) < 4.78 is 29.0. The van der Waals surface area contributed by atoms with Crippen molar-refractivity contribution >= 4 is 28.5 Å². The van der Waals surface area contributed by atoms with E-state index in [1.165, 1.54) is 21.3 Å². The van der Waals surface area contributed by atoms with Crippen LogP contribution in [0.5, 0.6) is 0 Å². The number of benzene rings is 3. The number of aryl methyl sites for hydroxylation is 1. The third-order valence-electron chi connectivity index (χ3n) is 6.51. The minimum atomic E-state index is -0.612. The molecule has 0 aliphatic carbocycles. The van der Waals surface area contributed by atoms with Crippen molar-refractivity contribution in [1.29, 1.82) is 0 Å². The number of hydrogen-bond donors (Lipinski definition) is 2. The van der Waals surface area contributed by atoms with Crippen LogP contribution in [0.25, 0.3) is 0 Å². The summed E-state index contributed by atoms with van der Waals surface area (Å²) in [5.41, 5.74) is 4.47. The number of carbonyl (C=O) groups excluding carboxylic acids is 1. The zero-order chi connectivity index (χ0) is 28.2. The summed E-state index contributed by atoms with van der Waals surface area (Å²) in [5, 5.41) is 6.58. The van der Waals surface area contributed by atoms with Crippen LogP contribution in [0.1, 0.15) is 65.7 Å². The van der Waals surface area contributed by atoms with Crippen LogP contribution in [0.3, 0.4) is 0 Å². The normalized spacial score (nSPS) is 12.1. The Labute approximate surface area is 245 Å². The van der Waals surface area contributed by atoms with Crippen molar-refractivity contribution in [3.63, 3.8) is 0 Å². The van der Waals surface area contributed by atoms with Crippen LogP contribution in [0.15, 0.2) is 60.7 Å². The van der Waals surface area contributed by atoms with Crippen LogP contribution in [-0.4, -0.2) is 36.5 Å². The Morgan fingerprint density at radius 3 is 2.31 bits per heavy atom. The van der Waals surface area contributed by atoms with Gasteiger partial charge in [-0.2, -0.15) is 0 Å². The molecule has 0 bridgehead atoms. The summed E-state index contributed by atoms with van der Waals surface area (Å²) in [6.07, 6.45) is 3.12. The van der Waals surface area contributed by atoms with E-state index in [9.17, 15) is 13.6 Å². The van der Waals surface area contributed by atoms with Gasteiger partial charge in [-0.25, -0.2) is 8.78 Å². The molecule has 4 nitrogen and oxygen atoms in total. The van der Waals surface area contributed by atoms with Gasteiger partial charge in [-0.1, -0.05) is 37.6 Å². The van der Waals surface area contributed by atoms with E-state index in [1.54, 1.807) is 0 Å². The third kappa shape index (κ3) is 11.0. The molecular formula is C32H40F2IN3O.